The molecule has 0 unspecified atom stereocenters. The molecule has 5 heteroatoms. The van der Waals surface area contributed by atoms with Crippen molar-refractivity contribution in [2.24, 2.45) is 0 Å². The molecule has 1 aromatic heterocycles. The molecular weight excluding hydrogens is 302 g/mol. The van der Waals surface area contributed by atoms with E-state index in [0.717, 1.165) is 4.43 Å². The first-order valence-corrected chi connectivity index (χ1v) is 5.60. The van der Waals surface area contributed by atoms with Crippen LogP contribution in [0.4, 0.5) is 0 Å². The van der Waals surface area contributed by atoms with E-state index in [2.05, 4.69) is 32.9 Å². The molecule has 0 saturated heterocycles. The molecule has 3 nitrogen and oxygen atoms in total. The Morgan fingerprint density at radius 3 is 2.92 bits per heavy atom. The zero-order valence-corrected chi connectivity index (χ0v) is 9.67. The highest BCUT2D eigenvalue weighted by molar-refractivity contribution is 14.1. The van der Waals surface area contributed by atoms with Crippen LogP contribution in [0.2, 0.25) is 5.02 Å². The van der Waals surface area contributed by atoms with Crippen molar-refractivity contribution in [1.29, 1.82) is 0 Å². The van der Waals surface area contributed by atoms with Crippen LogP contribution in [0.3, 0.4) is 0 Å². The first-order valence-electron chi connectivity index (χ1n) is 3.70. The molecule has 0 aromatic carbocycles. The number of pyridine rings is 1. The van der Waals surface area contributed by atoms with Crippen LogP contribution in [0, 0.1) is 0 Å². The minimum absolute atomic E-state index is 0.159. The number of carbonyl (C=O) groups excluding carboxylic acids is 1. The summed E-state index contributed by atoms with van der Waals surface area (Å²) in [5, 5.41) is 3.25. The van der Waals surface area contributed by atoms with Crippen LogP contribution in [-0.4, -0.2) is 21.9 Å². The van der Waals surface area contributed by atoms with Crippen molar-refractivity contribution in [2.45, 2.75) is 0 Å². The second kappa shape index (κ2) is 5.39. The summed E-state index contributed by atoms with van der Waals surface area (Å²) < 4.78 is 0.886. The number of halogens is 2. The zero-order valence-electron chi connectivity index (χ0n) is 6.76. The highest BCUT2D eigenvalue weighted by Crippen LogP contribution is 2.05. The summed E-state index contributed by atoms with van der Waals surface area (Å²) in [7, 11) is 0. The molecule has 0 atom stereocenters. The monoisotopic (exact) mass is 310 g/mol. The van der Waals surface area contributed by atoms with Gasteiger partial charge in [0.1, 0.15) is 5.69 Å². The summed E-state index contributed by atoms with van der Waals surface area (Å²) in [6.07, 6.45) is 1.46. The Kier molecular flexibility index (Phi) is 4.44. The minimum Gasteiger partial charge on any atom is -0.350 e. The number of nitrogens with one attached hydrogen (secondary N) is 1. The van der Waals surface area contributed by atoms with Gasteiger partial charge in [0.2, 0.25) is 0 Å². The predicted molar refractivity (Wildman–Crippen MR) is 60.5 cm³/mol. The van der Waals surface area contributed by atoms with Gasteiger partial charge in [-0.1, -0.05) is 34.2 Å². The summed E-state index contributed by atoms with van der Waals surface area (Å²) in [6, 6.07) is 3.25. The largest absolute Gasteiger partial charge is 0.350 e. The van der Waals surface area contributed by atoms with E-state index in [-0.39, 0.29) is 5.91 Å². The van der Waals surface area contributed by atoms with Gasteiger partial charge in [-0.25, -0.2) is 4.98 Å². The molecule has 0 spiro atoms. The van der Waals surface area contributed by atoms with E-state index < -0.39 is 0 Å². The molecule has 0 saturated carbocycles. The van der Waals surface area contributed by atoms with Gasteiger partial charge in [0.25, 0.3) is 5.91 Å². The van der Waals surface area contributed by atoms with Gasteiger partial charge in [0, 0.05) is 17.2 Å². The van der Waals surface area contributed by atoms with Crippen LogP contribution in [-0.2, 0) is 0 Å². The lowest BCUT2D eigenvalue weighted by atomic mass is 10.3. The Hall–Kier alpha value is -0.360. The van der Waals surface area contributed by atoms with Crippen LogP contribution in [0.25, 0.3) is 0 Å². The number of alkyl halides is 1. The molecule has 0 aliphatic carbocycles. The SMILES string of the molecule is O=C(NCCI)c1ccc(Cl)cn1. The molecule has 0 fully saturated rings. The minimum atomic E-state index is -0.159. The maximum atomic E-state index is 11.3. The predicted octanol–water partition coefficient (Wildman–Crippen LogP) is 1.90. The standard InChI is InChI=1S/C8H8ClIN2O/c9-6-1-2-7(12-5-6)8(13)11-4-3-10/h1-2,5H,3-4H2,(H,11,13). The second-order valence-electron chi connectivity index (χ2n) is 2.31. The van der Waals surface area contributed by atoms with Gasteiger partial charge in [-0.05, 0) is 12.1 Å². The number of hydrogen-bond donors (Lipinski definition) is 1. The van der Waals surface area contributed by atoms with Crippen molar-refractivity contribution in [3.63, 3.8) is 0 Å². The van der Waals surface area contributed by atoms with E-state index >= 15 is 0 Å². The average molecular weight is 311 g/mol. The molecule has 1 rings (SSSR count). The van der Waals surface area contributed by atoms with E-state index in [1.54, 1.807) is 12.1 Å². The van der Waals surface area contributed by atoms with Crippen molar-refractivity contribution < 1.29 is 4.79 Å². The lowest BCUT2D eigenvalue weighted by Gasteiger charge is -2.01. The highest BCUT2D eigenvalue weighted by atomic mass is 127. The van der Waals surface area contributed by atoms with Gasteiger partial charge < -0.3 is 5.32 Å². The van der Waals surface area contributed by atoms with E-state index in [0.29, 0.717) is 17.3 Å². The molecule has 0 bridgehead atoms. The number of amides is 1. The summed E-state index contributed by atoms with van der Waals surface area (Å²) in [5.74, 6) is -0.159. The van der Waals surface area contributed by atoms with Crippen LogP contribution in [0.1, 0.15) is 10.5 Å². The topological polar surface area (TPSA) is 42.0 Å². The summed E-state index contributed by atoms with van der Waals surface area (Å²) >= 11 is 7.81. The fourth-order valence-electron chi connectivity index (χ4n) is 0.761. The van der Waals surface area contributed by atoms with Crippen molar-refractivity contribution in [2.75, 3.05) is 11.0 Å². The van der Waals surface area contributed by atoms with E-state index in [9.17, 15) is 4.79 Å². The summed E-state index contributed by atoms with van der Waals surface area (Å²) in [4.78, 5) is 15.2. The molecule has 0 radical (unpaired) electrons. The smallest absolute Gasteiger partial charge is 0.269 e. The van der Waals surface area contributed by atoms with Gasteiger partial charge >= 0.3 is 0 Å². The summed E-state index contributed by atoms with van der Waals surface area (Å²) in [5.41, 5.74) is 0.397. The summed E-state index contributed by atoms with van der Waals surface area (Å²) in [6.45, 7) is 0.656. The molecule has 0 aliphatic heterocycles. The molecular formula is C8H8ClIN2O. The third-order valence-electron chi connectivity index (χ3n) is 1.34. The van der Waals surface area contributed by atoms with Crippen molar-refractivity contribution in [3.8, 4) is 0 Å². The molecule has 1 N–H and O–H groups in total. The normalized spacial score (nSPS) is 9.69. The van der Waals surface area contributed by atoms with E-state index in [1.807, 2.05) is 0 Å². The molecule has 13 heavy (non-hydrogen) atoms. The number of hydrogen-bond acceptors (Lipinski definition) is 2. The van der Waals surface area contributed by atoms with Crippen LogP contribution >= 0.6 is 34.2 Å². The van der Waals surface area contributed by atoms with Crippen molar-refractivity contribution in [1.82, 2.24) is 10.3 Å². The molecule has 0 aliphatic rings. The number of nitrogens with zero attached hydrogens (tertiary/aromatic N) is 1. The van der Waals surface area contributed by atoms with Gasteiger partial charge in [-0.3, -0.25) is 4.79 Å². The van der Waals surface area contributed by atoms with Crippen molar-refractivity contribution in [3.05, 3.63) is 29.0 Å². The van der Waals surface area contributed by atoms with Gasteiger partial charge in [-0.15, -0.1) is 0 Å². The zero-order chi connectivity index (χ0) is 9.68. The van der Waals surface area contributed by atoms with Crippen LogP contribution in [0.5, 0.6) is 0 Å². The van der Waals surface area contributed by atoms with Gasteiger partial charge in [0.15, 0.2) is 0 Å². The van der Waals surface area contributed by atoms with Gasteiger partial charge in [-0.2, -0.15) is 0 Å². The van der Waals surface area contributed by atoms with E-state index in [1.165, 1.54) is 6.20 Å². The molecule has 1 amide bonds. The van der Waals surface area contributed by atoms with Crippen LogP contribution < -0.4 is 5.32 Å². The third-order valence-corrected chi connectivity index (χ3v) is 2.10. The number of carbonyl (C=O) groups is 1. The Balaban J connectivity index is 2.61. The Morgan fingerprint density at radius 1 is 1.62 bits per heavy atom. The van der Waals surface area contributed by atoms with E-state index in [4.69, 9.17) is 11.6 Å². The Labute approximate surface area is 95.0 Å². The quantitative estimate of drug-likeness (QED) is 0.684. The maximum absolute atomic E-state index is 11.3. The van der Waals surface area contributed by atoms with Crippen molar-refractivity contribution >= 4 is 40.1 Å². The third kappa shape index (κ3) is 3.48. The van der Waals surface area contributed by atoms with Gasteiger partial charge in [0.05, 0.1) is 5.02 Å². The highest BCUT2D eigenvalue weighted by Gasteiger charge is 2.04. The fourth-order valence-corrected chi connectivity index (χ4v) is 1.14. The second-order valence-corrected chi connectivity index (χ2v) is 3.82. The lowest BCUT2D eigenvalue weighted by molar-refractivity contribution is 0.0951. The molecule has 1 heterocycles. The first-order chi connectivity index (χ1) is 6.24. The molecule has 70 valence electrons. The fraction of sp³-hybridized carbons (Fsp3) is 0.250. The number of aromatic nitrogens is 1. The first kappa shape index (κ1) is 10.7. The Bertz CT molecular complexity index is 289. The van der Waals surface area contributed by atoms with Crippen LogP contribution in [0.15, 0.2) is 18.3 Å². The number of rotatable bonds is 3. The Morgan fingerprint density at radius 2 is 2.38 bits per heavy atom. The lowest BCUT2D eigenvalue weighted by Crippen LogP contribution is -2.25. The molecule has 1 aromatic rings. The maximum Gasteiger partial charge on any atom is 0.269 e. The average Bonchev–Trinajstić information content (AvgIpc) is 2.15.